The number of rotatable bonds is 4. The monoisotopic (exact) mass is 227 g/mol. The predicted molar refractivity (Wildman–Crippen MR) is 61.4 cm³/mol. The van der Waals surface area contributed by atoms with E-state index in [1.807, 2.05) is 0 Å². The van der Waals surface area contributed by atoms with Crippen LogP contribution in [0.3, 0.4) is 0 Å². The first-order valence-electron chi connectivity index (χ1n) is 5.80. The lowest BCUT2D eigenvalue weighted by Gasteiger charge is -2.33. The zero-order valence-corrected chi connectivity index (χ0v) is 9.79. The number of hydrogen-bond donors (Lipinski definition) is 3. The normalized spacial score (nSPS) is 21.1. The molecule has 0 spiro atoms. The van der Waals surface area contributed by atoms with E-state index >= 15 is 0 Å². The Kier molecular flexibility index (Phi) is 4.29. The molecule has 0 aliphatic heterocycles. The van der Waals surface area contributed by atoms with Crippen molar-refractivity contribution in [2.75, 3.05) is 0 Å². The molecule has 0 aromatic heterocycles. The maximum atomic E-state index is 11.6. The van der Waals surface area contributed by atoms with Crippen LogP contribution in [0.5, 0.6) is 0 Å². The van der Waals surface area contributed by atoms with E-state index in [4.69, 9.17) is 11.5 Å². The average Bonchev–Trinajstić information content (AvgIpc) is 2.17. The number of carbonyl (C=O) groups is 2. The molecular formula is C11H21N3O2. The maximum Gasteiger partial charge on any atom is 0.239 e. The van der Waals surface area contributed by atoms with Gasteiger partial charge in [0.15, 0.2) is 0 Å². The highest BCUT2D eigenvalue weighted by Gasteiger charge is 2.30. The molecular weight excluding hydrogens is 206 g/mol. The van der Waals surface area contributed by atoms with Crippen LogP contribution in [-0.4, -0.2) is 23.4 Å². The van der Waals surface area contributed by atoms with Crippen molar-refractivity contribution >= 4 is 11.8 Å². The summed E-state index contributed by atoms with van der Waals surface area (Å²) in [6.45, 7) is 1.57. The van der Waals surface area contributed by atoms with E-state index in [1.165, 1.54) is 6.42 Å². The van der Waals surface area contributed by atoms with Gasteiger partial charge in [-0.2, -0.15) is 0 Å². The third kappa shape index (κ3) is 3.81. The number of primary amides is 1. The number of nitrogens with two attached hydrogens (primary N) is 2. The van der Waals surface area contributed by atoms with Crippen molar-refractivity contribution in [3.05, 3.63) is 0 Å². The van der Waals surface area contributed by atoms with E-state index < -0.39 is 11.9 Å². The van der Waals surface area contributed by atoms with Crippen molar-refractivity contribution in [3.63, 3.8) is 0 Å². The zero-order valence-electron chi connectivity index (χ0n) is 9.79. The molecule has 1 aliphatic carbocycles. The van der Waals surface area contributed by atoms with Gasteiger partial charge in [-0.3, -0.25) is 9.59 Å². The predicted octanol–water partition coefficient (Wildman–Crippen LogP) is 0.0281. The van der Waals surface area contributed by atoms with Crippen molar-refractivity contribution in [1.29, 1.82) is 0 Å². The topological polar surface area (TPSA) is 98.2 Å². The third-order valence-electron chi connectivity index (χ3n) is 3.17. The quantitative estimate of drug-likeness (QED) is 0.631. The summed E-state index contributed by atoms with van der Waals surface area (Å²) < 4.78 is 0. The van der Waals surface area contributed by atoms with Crippen LogP contribution < -0.4 is 16.8 Å². The maximum absolute atomic E-state index is 11.6. The highest BCUT2D eigenvalue weighted by atomic mass is 16.2. The van der Waals surface area contributed by atoms with Gasteiger partial charge in [0.1, 0.15) is 6.04 Å². The molecule has 92 valence electrons. The van der Waals surface area contributed by atoms with E-state index in [0.717, 1.165) is 25.7 Å². The fraction of sp³-hybridized carbons (Fsp3) is 0.818. The standard InChI is InChI=1S/C11H21N3O2/c1-8(10(12)16)14-9(15)7-11(13)5-3-2-4-6-11/h8H,2-7,13H2,1H3,(H2,12,16)(H,14,15). The minimum Gasteiger partial charge on any atom is -0.368 e. The van der Waals surface area contributed by atoms with Crippen LogP contribution in [0.2, 0.25) is 0 Å². The first kappa shape index (κ1) is 13.0. The Morgan fingerprint density at radius 2 is 1.88 bits per heavy atom. The summed E-state index contributed by atoms with van der Waals surface area (Å²) in [5, 5.41) is 2.56. The summed E-state index contributed by atoms with van der Waals surface area (Å²) in [6.07, 6.45) is 5.39. The number of nitrogens with one attached hydrogen (secondary N) is 1. The highest BCUT2D eigenvalue weighted by Crippen LogP contribution is 2.28. The third-order valence-corrected chi connectivity index (χ3v) is 3.17. The fourth-order valence-electron chi connectivity index (χ4n) is 2.12. The Morgan fingerprint density at radius 3 is 2.38 bits per heavy atom. The smallest absolute Gasteiger partial charge is 0.239 e. The van der Waals surface area contributed by atoms with Crippen molar-refractivity contribution in [2.45, 2.75) is 57.0 Å². The second-order valence-electron chi connectivity index (χ2n) is 4.79. The van der Waals surface area contributed by atoms with Gasteiger partial charge in [0.05, 0.1) is 0 Å². The van der Waals surface area contributed by atoms with Gasteiger partial charge < -0.3 is 16.8 Å². The molecule has 1 atom stereocenters. The number of carbonyl (C=O) groups excluding carboxylic acids is 2. The van der Waals surface area contributed by atoms with E-state index in [1.54, 1.807) is 6.92 Å². The molecule has 1 fully saturated rings. The summed E-state index contributed by atoms with van der Waals surface area (Å²) in [5.41, 5.74) is 10.8. The van der Waals surface area contributed by atoms with Gasteiger partial charge in [0.25, 0.3) is 0 Å². The molecule has 0 bridgehead atoms. The molecule has 0 heterocycles. The Bertz CT molecular complexity index is 272. The molecule has 0 aromatic carbocycles. The van der Waals surface area contributed by atoms with Gasteiger partial charge in [-0.15, -0.1) is 0 Å². The summed E-state index contributed by atoms with van der Waals surface area (Å²) in [7, 11) is 0. The zero-order chi connectivity index (χ0) is 12.2. The molecule has 0 saturated heterocycles. The minimum atomic E-state index is -0.625. The molecule has 5 heteroatoms. The molecule has 5 N–H and O–H groups in total. The lowest BCUT2D eigenvalue weighted by Crippen LogP contribution is -2.49. The van der Waals surface area contributed by atoms with Crippen LogP contribution in [0, 0.1) is 0 Å². The molecule has 16 heavy (non-hydrogen) atoms. The van der Waals surface area contributed by atoms with Gasteiger partial charge in [-0.1, -0.05) is 19.3 Å². The second kappa shape index (κ2) is 5.30. The molecule has 1 saturated carbocycles. The molecule has 2 amide bonds. The van der Waals surface area contributed by atoms with Gasteiger partial charge in [-0.25, -0.2) is 0 Å². The molecule has 0 radical (unpaired) electrons. The van der Waals surface area contributed by atoms with Crippen LogP contribution >= 0.6 is 0 Å². The van der Waals surface area contributed by atoms with Crippen LogP contribution in [0.1, 0.15) is 45.4 Å². The lowest BCUT2D eigenvalue weighted by atomic mass is 9.80. The van der Waals surface area contributed by atoms with Crippen LogP contribution in [-0.2, 0) is 9.59 Å². The van der Waals surface area contributed by atoms with E-state index in [2.05, 4.69) is 5.32 Å². The molecule has 5 nitrogen and oxygen atoms in total. The Hall–Kier alpha value is -1.10. The summed E-state index contributed by atoms with van der Waals surface area (Å²) in [5.74, 6) is -0.709. The number of hydrogen-bond acceptors (Lipinski definition) is 3. The average molecular weight is 227 g/mol. The van der Waals surface area contributed by atoms with E-state index in [-0.39, 0.29) is 17.9 Å². The molecule has 1 rings (SSSR count). The molecule has 1 unspecified atom stereocenters. The molecule has 1 aliphatic rings. The van der Waals surface area contributed by atoms with Crippen LogP contribution in [0.4, 0.5) is 0 Å². The first-order chi connectivity index (χ1) is 7.43. The van der Waals surface area contributed by atoms with E-state index in [0.29, 0.717) is 0 Å². The van der Waals surface area contributed by atoms with Gasteiger partial charge >= 0.3 is 0 Å². The van der Waals surface area contributed by atoms with Gasteiger partial charge in [0, 0.05) is 12.0 Å². The summed E-state index contributed by atoms with van der Waals surface area (Å²) >= 11 is 0. The van der Waals surface area contributed by atoms with Crippen molar-refractivity contribution in [1.82, 2.24) is 5.32 Å². The summed E-state index contributed by atoms with van der Waals surface area (Å²) in [4.78, 5) is 22.4. The van der Waals surface area contributed by atoms with Gasteiger partial charge in [-0.05, 0) is 19.8 Å². The van der Waals surface area contributed by atoms with Gasteiger partial charge in [0.2, 0.25) is 11.8 Å². The van der Waals surface area contributed by atoms with Crippen LogP contribution in [0.15, 0.2) is 0 Å². The Labute approximate surface area is 95.9 Å². The summed E-state index contributed by atoms with van der Waals surface area (Å²) in [6, 6.07) is -0.625. The number of amides is 2. The second-order valence-corrected chi connectivity index (χ2v) is 4.79. The Morgan fingerprint density at radius 1 is 1.31 bits per heavy atom. The fourth-order valence-corrected chi connectivity index (χ4v) is 2.12. The van der Waals surface area contributed by atoms with E-state index in [9.17, 15) is 9.59 Å². The van der Waals surface area contributed by atoms with Crippen molar-refractivity contribution < 1.29 is 9.59 Å². The van der Waals surface area contributed by atoms with Crippen molar-refractivity contribution in [2.24, 2.45) is 11.5 Å². The lowest BCUT2D eigenvalue weighted by molar-refractivity contribution is -0.127. The van der Waals surface area contributed by atoms with Crippen molar-refractivity contribution in [3.8, 4) is 0 Å². The highest BCUT2D eigenvalue weighted by molar-refractivity contribution is 5.86. The minimum absolute atomic E-state index is 0.185. The Balaban J connectivity index is 2.41. The largest absolute Gasteiger partial charge is 0.368 e. The molecule has 0 aromatic rings. The first-order valence-corrected chi connectivity index (χ1v) is 5.80. The van der Waals surface area contributed by atoms with Crippen LogP contribution in [0.25, 0.3) is 0 Å². The SMILES string of the molecule is CC(NC(=O)CC1(N)CCCCC1)C(N)=O.